The summed E-state index contributed by atoms with van der Waals surface area (Å²) in [5.41, 5.74) is 3.01. The Morgan fingerprint density at radius 2 is 1.90 bits per heavy atom. The molecule has 104 valence electrons. The number of aryl methyl sites for hydroxylation is 1. The van der Waals surface area contributed by atoms with Gasteiger partial charge in [-0.25, -0.2) is 9.38 Å². The summed E-state index contributed by atoms with van der Waals surface area (Å²) in [5, 5.41) is 2.75. The molecule has 0 radical (unpaired) electrons. The Bertz CT molecular complexity index is 761. The van der Waals surface area contributed by atoms with E-state index in [1.54, 1.807) is 18.2 Å². The minimum absolute atomic E-state index is 0.254. The smallest absolute Gasteiger partial charge is 0.275 e. The first-order valence-corrected chi connectivity index (χ1v) is 6.56. The van der Waals surface area contributed by atoms with E-state index in [0.29, 0.717) is 11.5 Å². The van der Waals surface area contributed by atoms with Crippen LogP contribution in [0.15, 0.2) is 59.2 Å². The molecule has 0 atom stereocenters. The van der Waals surface area contributed by atoms with E-state index < -0.39 is 0 Å². The summed E-state index contributed by atoms with van der Waals surface area (Å²) in [5.74, 6) is -0.0233. The number of nitrogens with zero attached hydrogens (tertiary/aromatic N) is 1. The molecule has 0 saturated carbocycles. The molecule has 0 aliphatic carbocycles. The van der Waals surface area contributed by atoms with Gasteiger partial charge in [0.2, 0.25) is 0 Å². The molecule has 0 bridgehead atoms. The molecule has 2 aromatic rings. The zero-order valence-corrected chi connectivity index (χ0v) is 11.4. The number of carbonyl (C=O) groups excluding carboxylic acids is 1. The maximum Gasteiger partial charge on any atom is 0.275 e. The van der Waals surface area contributed by atoms with E-state index in [-0.39, 0.29) is 11.7 Å². The van der Waals surface area contributed by atoms with Crippen molar-refractivity contribution >= 4 is 17.8 Å². The van der Waals surface area contributed by atoms with Gasteiger partial charge in [-0.1, -0.05) is 35.9 Å². The summed E-state index contributed by atoms with van der Waals surface area (Å²) in [7, 11) is 0. The Morgan fingerprint density at radius 1 is 1.14 bits per heavy atom. The Morgan fingerprint density at radius 3 is 2.62 bits per heavy atom. The Kier molecular flexibility index (Phi) is 3.36. The maximum atomic E-state index is 12.9. The largest absolute Gasteiger partial charge is 0.305 e. The number of halogens is 1. The molecule has 3 nitrogen and oxygen atoms in total. The highest BCUT2D eigenvalue weighted by Gasteiger charge is 2.20. The van der Waals surface area contributed by atoms with Crippen LogP contribution in [0.5, 0.6) is 0 Å². The maximum absolute atomic E-state index is 12.9. The summed E-state index contributed by atoms with van der Waals surface area (Å²) in [4.78, 5) is 16.3. The summed E-state index contributed by atoms with van der Waals surface area (Å²) in [6, 6.07) is 13.7. The van der Waals surface area contributed by atoms with Crippen LogP contribution >= 0.6 is 0 Å². The molecule has 0 spiro atoms. The second-order valence-corrected chi connectivity index (χ2v) is 4.87. The number of carbonyl (C=O) groups is 1. The second-order valence-electron chi connectivity index (χ2n) is 4.87. The molecule has 21 heavy (non-hydrogen) atoms. The molecular weight excluding hydrogens is 267 g/mol. The van der Waals surface area contributed by atoms with Gasteiger partial charge in [0, 0.05) is 5.56 Å². The summed E-state index contributed by atoms with van der Waals surface area (Å²) in [6.45, 7) is 1.98. The fourth-order valence-electron chi connectivity index (χ4n) is 2.11. The Balaban J connectivity index is 1.93. The van der Waals surface area contributed by atoms with Gasteiger partial charge in [-0.15, -0.1) is 0 Å². The number of aliphatic imine (C=N–C) groups is 1. The zero-order chi connectivity index (χ0) is 14.8. The third-order valence-electron chi connectivity index (χ3n) is 3.16. The van der Waals surface area contributed by atoms with Crippen molar-refractivity contribution in [3.63, 3.8) is 0 Å². The normalized spacial score (nSPS) is 16.0. The third-order valence-corrected chi connectivity index (χ3v) is 3.16. The van der Waals surface area contributed by atoms with Crippen LogP contribution in [0, 0.1) is 12.7 Å². The number of nitrogens with one attached hydrogen (secondary N) is 1. The van der Waals surface area contributed by atoms with E-state index in [2.05, 4.69) is 10.3 Å². The predicted molar refractivity (Wildman–Crippen MR) is 80.2 cm³/mol. The second kappa shape index (κ2) is 5.32. The van der Waals surface area contributed by atoms with Crippen LogP contribution in [-0.4, -0.2) is 11.7 Å². The van der Waals surface area contributed by atoms with Gasteiger partial charge in [0.05, 0.1) is 0 Å². The Labute approximate surface area is 121 Å². The average molecular weight is 280 g/mol. The lowest BCUT2D eigenvalue weighted by Crippen LogP contribution is -2.24. The minimum Gasteiger partial charge on any atom is -0.305 e. The molecule has 0 aromatic heterocycles. The van der Waals surface area contributed by atoms with Crippen molar-refractivity contribution in [2.24, 2.45) is 4.99 Å². The first kappa shape index (κ1) is 13.2. The van der Waals surface area contributed by atoms with Crippen molar-refractivity contribution < 1.29 is 9.18 Å². The van der Waals surface area contributed by atoms with Crippen LogP contribution in [0.4, 0.5) is 4.39 Å². The number of amidine groups is 1. The van der Waals surface area contributed by atoms with Crippen molar-refractivity contribution in [2.45, 2.75) is 6.92 Å². The van der Waals surface area contributed by atoms with Crippen molar-refractivity contribution in [1.82, 2.24) is 5.32 Å². The number of hydrogen-bond acceptors (Lipinski definition) is 2. The molecule has 3 rings (SSSR count). The molecule has 2 aromatic carbocycles. The van der Waals surface area contributed by atoms with Gasteiger partial charge in [-0.05, 0) is 36.8 Å². The first-order valence-electron chi connectivity index (χ1n) is 6.56. The minimum atomic E-state index is -0.308. The lowest BCUT2D eigenvalue weighted by atomic mass is 10.1. The standard InChI is InChI=1S/C17H13FN2O/c1-11-3-2-4-13(9-11)16-19-15(17(21)20-16)10-12-5-7-14(18)8-6-12/h2-10H,1H3,(H,19,20,21)/b15-10+. The van der Waals surface area contributed by atoms with Crippen molar-refractivity contribution in [2.75, 3.05) is 0 Å². The van der Waals surface area contributed by atoms with Gasteiger partial charge in [0.15, 0.2) is 0 Å². The van der Waals surface area contributed by atoms with E-state index in [0.717, 1.165) is 16.7 Å². The molecule has 0 saturated heterocycles. The highest BCUT2D eigenvalue weighted by molar-refractivity contribution is 6.19. The zero-order valence-electron chi connectivity index (χ0n) is 11.4. The molecular formula is C17H13FN2O. The number of benzene rings is 2. The van der Waals surface area contributed by atoms with Crippen molar-refractivity contribution in [3.8, 4) is 0 Å². The topological polar surface area (TPSA) is 41.5 Å². The molecule has 1 amide bonds. The molecule has 1 heterocycles. The first-order chi connectivity index (χ1) is 10.1. The van der Waals surface area contributed by atoms with E-state index in [1.807, 2.05) is 31.2 Å². The molecule has 1 aliphatic rings. The summed E-state index contributed by atoms with van der Waals surface area (Å²) >= 11 is 0. The van der Waals surface area contributed by atoms with Crippen LogP contribution < -0.4 is 5.32 Å². The van der Waals surface area contributed by atoms with Crippen LogP contribution in [-0.2, 0) is 4.79 Å². The van der Waals surface area contributed by atoms with Gasteiger partial charge in [-0.3, -0.25) is 4.79 Å². The van der Waals surface area contributed by atoms with Crippen LogP contribution in [0.1, 0.15) is 16.7 Å². The number of amides is 1. The van der Waals surface area contributed by atoms with Gasteiger partial charge in [0.1, 0.15) is 17.3 Å². The van der Waals surface area contributed by atoms with Gasteiger partial charge in [-0.2, -0.15) is 0 Å². The quantitative estimate of drug-likeness (QED) is 0.844. The number of hydrogen-bond donors (Lipinski definition) is 1. The third kappa shape index (κ3) is 2.89. The molecule has 0 fully saturated rings. The fourth-order valence-corrected chi connectivity index (χ4v) is 2.11. The van der Waals surface area contributed by atoms with Crippen LogP contribution in [0.3, 0.4) is 0 Å². The van der Waals surface area contributed by atoms with Gasteiger partial charge < -0.3 is 5.32 Å². The average Bonchev–Trinajstić information content (AvgIpc) is 2.83. The molecule has 0 unspecified atom stereocenters. The lowest BCUT2D eigenvalue weighted by Gasteiger charge is -2.00. The van der Waals surface area contributed by atoms with Crippen molar-refractivity contribution in [3.05, 3.63) is 76.7 Å². The van der Waals surface area contributed by atoms with E-state index in [4.69, 9.17) is 0 Å². The summed E-state index contributed by atoms with van der Waals surface area (Å²) < 4.78 is 12.9. The number of rotatable bonds is 2. The summed E-state index contributed by atoms with van der Waals surface area (Å²) in [6.07, 6.45) is 1.64. The van der Waals surface area contributed by atoms with E-state index in [9.17, 15) is 9.18 Å². The lowest BCUT2D eigenvalue weighted by molar-refractivity contribution is -0.115. The van der Waals surface area contributed by atoms with E-state index >= 15 is 0 Å². The highest BCUT2D eigenvalue weighted by Crippen LogP contribution is 2.16. The molecule has 1 N–H and O–H groups in total. The van der Waals surface area contributed by atoms with Gasteiger partial charge >= 0.3 is 0 Å². The predicted octanol–water partition coefficient (Wildman–Crippen LogP) is 3.05. The monoisotopic (exact) mass is 280 g/mol. The SMILES string of the molecule is Cc1cccc(C2=N/C(=C/c3ccc(F)cc3)C(=O)N2)c1. The molecule has 4 heteroatoms. The van der Waals surface area contributed by atoms with Crippen LogP contribution in [0.2, 0.25) is 0 Å². The molecule has 1 aliphatic heterocycles. The highest BCUT2D eigenvalue weighted by atomic mass is 19.1. The van der Waals surface area contributed by atoms with E-state index in [1.165, 1.54) is 12.1 Å². The fraction of sp³-hybridized carbons (Fsp3) is 0.0588. The van der Waals surface area contributed by atoms with Crippen molar-refractivity contribution in [1.29, 1.82) is 0 Å². The van der Waals surface area contributed by atoms with Crippen LogP contribution in [0.25, 0.3) is 6.08 Å². The van der Waals surface area contributed by atoms with Gasteiger partial charge in [0.25, 0.3) is 5.91 Å². The Hall–Kier alpha value is -2.75.